The predicted molar refractivity (Wildman–Crippen MR) is 165 cm³/mol. The maximum Gasteiger partial charge on any atom is 0.119 e. The quantitative estimate of drug-likeness (QED) is 0.0950. The Kier molecular flexibility index (Phi) is 13.7. The number of ether oxygens (including phenoxy) is 1. The minimum Gasteiger partial charge on any atom is -0.494 e. The molecular formula is C35H50N2O. The van der Waals surface area contributed by atoms with E-state index in [-0.39, 0.29) is 5.92 Å². The van der Waals surface area contributed by atoms with Crippen LogP contribution < -0.4 is 16.2 Å². The van der Waals surface area contributed by atoms with Gasteiger partial charge in [-0.3, -0.25) is 0 Å². The summed E-state index contributed by atoms with van der Waals surface area (Å²) in [5, 5.41) is 0. The lowest BCUT2D eigenvalue weighted by Crippen LogP contribution is -2.04. The van der Waals surface area contributed by atoms with E-state index in [9.17, 15) is 0 Å². The molecule has 3 nitrogen and oxygen atoms in total. The van der Waals surface area contributed by atoms with Crippen molar-refractivity contribution in [1.29, 1.82) is 0 Å². The van der Waals surface area contributed by atoms with Crippen molar-refractivity contribution in [2.45, 2.75) is 103 Å². The van der Waals surface area contributed by atoms with E-state index in [2.05, 4.69) is 55.5 Å². The fourth-order valence-corrected chi connectivity index (χ4v) is 5.20. The van der Waals surface area contributed by atoms with Crippen molar-refractivity contribution in [3.8, 4) is 5.75 Å². The lowest BCUT2D eigenvalue weighted by molar-refractivity contribution is 0.304. The number of hydrogen-bond acceptors (Lipinski definition) is 3. The average molecular weight is 515 g/mol. The molecule has 0 unspecified atom stereocenters. The van der Waals surface area contributed by atoms with E-state index in [1.165, 1.54) is 100 Å². The van der Waals surface area contributed by atoms with Crippen LogP contribution in [0.3, 0.4) is 0 Å². The van der Waals surface area contributed by atoms with Gasteiger partial charge in [0.1, 0.15) is 5.75 Å². The molecule has 3 aromatic rings. The molecule has 0 aromatic heterocycles. The third-order valence-corrected chi connectivity index (χ3v) is 7.52. The van der Waals surface area contributed by atoms with Crippen LogP contribution in [0.4, 0.5) is 11.4 Å². The summed E-state index contributed by atoms with van der Waals surface area (Å²) < 4.78 is 6.06. The van der Waals surface area contributed by atoms with Gasteiger partial charge in [0.2, 0.25) is 0 Å². The van der Waals surface area contributed by atoms with Gasteiger partial charge in [-0.05, 0) is 59.5 Å². The van der Waals surface area contributed by atoms with Gasteiger partial charge >= 0.3 is 0 Å². The van der Waals surface area contributed by atoms with Gasteiger partial charge in [0.25, 0.3) is 0 Å². The van der Waals surface area contributed by atoms with E-state index < -0.39 is 0 Å². The summed E-state index contributed by atoms with van der Waals surface area (Å²) in [6.45, 7) is 3.08. The Balaban J connectivity index is 1.34. The molecule has 3 rings (SSSR count). The zero-order valence-corrected chi connectivity index (χ0v) is 23.7. The second kappa shape index (κ2) is 17.5. The molecular weight excluding hydrogens is 464 g/mol. The van der Waals surface area contributed by atoms with Crippen LogP contribution >= 0.6 is 0 Å². The first kappa shape index (κ1) is 29.6. The first-order valence-corrected chi connectivity index (χ1v) is 15.1. The highest BCUT2D eigenvalue weighted by molar-refractivity contribution is 5.50. The van der Waals surface area contributed by atoms with Gasteiger partial charge in [-0.1, -0.05) is 127 Å². The van der Waals surface area contributed by atoms with Crippen LogP contribution in [-0.2, 0) is 0 Å². The highest BCUT2D eigenvalue weighted by Crippen LogP contribution is 2.33. The lowest BCUT2D eigenvalue weighted by atomic mass is 9.85. The molecule has 0 atom stereocenters. The van der Waals surface area contributed by atoms with Crippen LogP contribution in [0.25, 0.3) is 0 Å². The molecule has 0 aliphatic rings. The van der Waals surface area contributed by atoms with Gasteiger partial charge in [0, 0.05) is 17.3 Å². The van der Waals surface area contributed by atoms with Crippen molar-refractivity contribution in [3.05, 3.63) is 89.5 Å². The smallest absolute Gasteiger partial charge is 0.119 e. The van der Waals surface area contributed by atoms with Crippen LogP contribution in [-0.4, -0.2) is 6.61 Å². The van der Waals surface area contributed by atoms with Crippen molar-refractivity contribution in [1.82, 2.24) is 0 Å². The van der Waals surface area contributed by atoms with Crippen LogP contribution in [0, 0.1) is 0 Å². The number of nitrogen functional groups attached to an aromatic ring is 2. The summed E-state index contributed by atoms with van der Waals surface area (Å²) in [5.41, 5.74) is 17.1. The van der Waals surface area contributed by atoms with E-state index in [1.807, 2.05) is 24.3 Å². The molecule has 38 heavy (non-hydrogen) atoms. The van der Waals surface area contributed by atoms with E-state index in [0.717, 1.165) is 30.2 Å². The number of rotatable bonds is 19. The van der Waals surface area contributed by atoms with E-state index in [1.54, 1.807) is 0 Å². The topological polar surface area (TPSA) is 61.3 Å². The summed E-state index contributed by atoms with van der Waals surface area (Å²) in [5.74, 6) is 1.06. The zero-order valence-electron chi connectivity index (χ0n) is 23.7. The molecule has 206 valence electrons. The summed E-state index contributed by atoms with van der Waals surface area (Å²) in [6.07, 6.45) is 19.2. The molecule has 3 heteroatoms. The number of nitrogens with two attached hydrogens (primary N) is 2. The molecule has 3 aromatic carbocycles. The highest BCUT2D eigenvalue weighted by atomic mass is 16.5. The fraction of sp³-hybridized carbons (Fsp3) is 0.486. The largest absolute Gasteiger partial charge is 0.494 e. The minimum absolute atomic E-state index is 0.121. The average Bonchev–Trinajstić information content (AvgIpc) is 2.94. The monoisotopic (exact) mass is 514 g/mol. The standard InChI is InChI=1S/C35H50N2O/c1-2-3-4-5-6-7-8-9-10-11-12-13-14-15-28-38-34-26-20-31(21-27-34)35(29-16-22-32(36)23-17-29)30-18-24-33(37)25-19-30/h16-27,35H,2-15,28,36-37H2,1H3. The molecule has 0 radical (unpaired) electrons. The maximum atomic E-state index is 6.06. The normalized spacial score (nSPS) is 11.2. The van der Waals surface area contributed by atoms with E-state index >= 15 is 0 Å². The number of unbranched alkanes of at least 4 members (excludes halogenated alkanes) is 13. The van der Waals surface area contributed by atoms with Crippen LogP contribution in [0.15, 0.2) is 72.8 Å². The van der Waals surface area contributed by atoms with Gasteiger partial charge in [0.15, 0.2) is 0 Å². The molecule has 0 saturated heterocycles. The molecule has 0 fully saturated rings. The maximum absolute atomic E-state index is 6.06. The summed E-state index contributed by atoms with van der Waals surface area (Å²) in [6, 6.07) is 24.8. The molecule has 0 amide bonds. The highest BCUT2D eigenvalue weighted by Gasteiger charge is 2.17. The van der Waals surface area contributed by atoms with Gasteiger partial charge < -0.3 is 16.2 Å². The van der Waals surface area contributed by atoms with Crippen molar-refractivity contribution in [2.24, 2.45) is 0 Å². The number of hydrogen-bond donors (Lipinski definition) is 2. The van der Waals surface area contributed by atoms with Gasteiger partial charge in [0.05, 0.1) is 6.61 Å². The number of benzene rings is 3. The molecule has 0 heterocycles. The molecule has 0 aliphatic carbocycles. The predicted octanol–water partition coefficient (Wildman–Crippen LogP) is 9.89. The van der Waals surface area contributed by atoms with E-state index in [4.69, 9.17) is 16.2 Å². The minimum atomic E-state index is 0.121. The van der Waals surface area contributed by atoms with Crippen LogP contribution in [0.2, 0.25) is 0 Å². The van der Waals surface area contributed by atoms with Gasteiger partial charge in [-0.2, -0.15) is 0 Å². The fourth-order valence-electron chi connectivity index (χ4n) is 5.20. The van der Waals surface area contributed by atoms with Crippen molar-refractivity contribution >= 4 is 11.4 Å². The third kappa shape index (κ3) is 10.8. The SMILES string of the molecule is CCCCCCCCCCCCCCCCOc1ccc(C(c2ccc(N)cc2)c2ccc(N)cc2)cc1. The Hall–Kier alpha value is -2.94. The Morgan fingerprint density at radius 2 is 0.816 bits per heavy atom. The Labute approximate surface area is 232 Å². The van der Waals surface area contributed by atoms with Crippen molar-refractivity contribution in [3.63, 3.8) is 0 Å². The summed E-state index contributed by atoms with van der Waals surface area (Å²) >= 11 is 0. The van der Waals surface area contributed by atoms with Crippen molar-refractivity contribution in [2.75, 3.05) is 18.1 Å². The first-order valence-electron chi connectivity index (χ1n) is 15.1. The van der Waals surface area contributed by atoms with Gasteiger partial charge in [-0.25, -0.2) is 0 Å². The molecule has 0 spiro atoms. The second-order valence-corrected chi connectivity index (χ2v) is 10.8. The molecule has 0 bridgehead atoms. The van der Waals surface area contributed by atoms with Crippen LogP contribution in [0.1, 0.15) is 119 Å². The van der Waals surface area contributed by atoms with Crippen molar-refractivity contribution < 1.29 is 4.74 Å². The van der Waals surface area contributed by atoms with Crippen LogP contribution in [0.5, 0.6) is 5.75 Å². The lowest BCUT2D eigenvalue weighted by Gasteiger charge is -2.20. The Bertz CT molecular complexity index is 950. The molecule has 4 N–H and O–H groups in total. The molecule has 0 aliphatic heterocycles. The zero-order chi connectivity index (χ0) is 26.8. The second-order valence-electron chi connectivity index (χ2n) is 10.8. The number of anilines is 2. The third-order valence-electron chi connectivity index (χ3n) is 7.52. The summed E-state index contributed by atoms with van der Waals surface area (Å²) in [7, 11) is 0. The first-order chi connectivity index (χ1) is 18.7. The summed E-state index contributed by atoms with van der Waals surface area (Å²) in [4.78, 5) is 0. The Morgan fingerprint density at radius 1 is 0.474 bits per heavy atom. The molecule has 0 saturated carbocycles. The van der Waals surface area contributed by atoms with Gasteiger partial charge in [-0.15, -0.1) is 0 Å². The van der Waals surface area contributed by atoms with E-state index in [0.29, 0.717) is 0 Å². The Morgan fingerprint density at radius 3 is 1.21 bits per heavy atom.